The minimum Gasteiger partial charge on any atom is -0.326 e. The average Bonchev–Trinajstić information content (AvgIpc) is 3.01. The summed E-state index contributed by atoms with van der Waals surface area (Å²) in [5.41, 5.74) is 3.97. The van der Waals surface area contributed by atoms with Gasteiger partial charge in [0.25, 0.3) is 0 Å². The van der Waals surface area contributed by atoms with Gasteiger partial charge in [0.2, 0.25) is 11.8 Å². The first-order valence-electron chi connectivity index (χ1n) is 9.12. The van der Waals surface area contributed by atoms with Crippen LogP contribution >= 0.6 is 11.8 Å². The Morgan fingerprint density at radius 2 is 1.74 bits per heavy atom. The molecule has 140 valence electrons. The Balaban J connectivity index is 1.70. The highest BCUT2D eigenvalue weighted by Crippen LogP contribution is 2.30. The second-order valence-electron chi connectivity index (χ2n) is 6.26. The molecular weight excluding hydrogens is 358 g/mol. The molecule has 2 aromatic carbocycles. The molecule has 0 aromatic heterocycles. The van der Waals surface area contributed by atoms with Crippen molar-refractivity contribution in [2.24, 2.45) is 4.99 Å². The van der Waals surface area contributed by atoms with Gasteiger partial charge in [0.15, 0.2) is 5.17 Å². The maximum atomic E-state index is 12.3. The zero-order chi connectivity index (χ0) is 19.2. The summed E-state index contributed by atoms with van der Waals surface area (Å²) < 4.78 is 0. The summed E-state index contributed by atoms with van der Waals surface area (Å²) in [5, 5.41) is 5.73. The van der Waals surface area contributed by atoms with E-state index in [1.165, 1.54) is 11.8 Å². The molecule has 27 heavy (non-hydrogen) atoms. The Morgan fingerprint density at radius 3 is 2.37 bits per heavy atom. The number of para-hydroxylation sites is 2. The molecule has 1 atom stereocenters. The fourth-order valence-electron chi connectivity index (χ4n) is 2.95. The SMILES string of the molecule is CCc1cccc(CC)c1N=C1NC(=O)C(CC(=O)Nc2ccccc2)S1. The van der Waals surface area contributed by atoms with Crippen LogP contribution in [0.2, 0.25) is 0 Å². The molecule has 2 amide bonds. The lowest BCUT2D eigenvalue weighted by Gasteiger charge is -2.09. The second kappa shape index (κ2) is 8.86. The molecule has 0 saturated carbocycles. The Kier molecular flexibility index (Phi) is 6.29. The summed E-state index contributed by atoms with van der Waals surface area (Å²) in [4.78, 5) is 29.2. The van der Waals surface area contributed by atoms with Crippen molar-refractivity contribution in [2.75, 3.05) is 5.32 Å². The zero-order valence-corrected chi connectivity index (χ0v) is 16.3. The second-order valence-corrected chi connectivity index (χ2v) is 7.45. The van der Waals surface area contributed by atoms with E-state index in [2.05, 4.69) is 36.6 Å². The lowest BCUT2D eigenvalue weighted by atomic mass is 10.0. The molecule has 1 heterocycles. The van der Waals surface area contributed by atoms with Crippen molar-refractivity contribution >= 4 is 40.1 Å². The highest BCUT2D eigenvalue weighted by molar-refractivity contribution is 8.15. The van der Waals surface area contributed by atoms with Crippen molar-refractivity contribution in [2.45, 2.75) is 38.4 Å². The molecule has 1 aliphatic rings. The number of hydrogen-bond acceptors (Lipinski definition) is 4. The molecule has 1 saturated heterocycles. The number of benzene rings is 2. The third kappa shape index (κ3) is 4.77. The number of amides is 2. The van der Waals surface area contributed by atoms with E-state index in [1.54, 1.807) is 0 Å². The highest BCUT2D eigenvalue weighted by Gasteiger charge is 2.32. The summed E-state index contributed by atoms with van der Waals surface area (Å²) in [6.07, 6.45) is 1.86. The minimum absolute atomic E-state index is 0.112. The Hall–Kier alpha value is -2.60. The first-order chi connectivity index (χ1) is 13.1. The van der Waals surface area contributed by atoms with Crippen LogP contribution in [-0.2, 0) is 22.4 Å². The van der Waals surface area contributed by atoms with Crippen LogP contribution in [0.5, 0.6) is 0 Å². The van der Waals surface area contributed by atoms with Crippen molar-refractivity contribution in [3.8, 4) is 0 Å². The Labute approximate surface area is 163 Å². The molecule has 5 nitrogen and oxygen atoms in total. The van der Waals surface area contributed by atoms with Gasteiger partial charge in [-0.15, -0.1) is 0 Å². The van der Waals surface area contributed by atoms with Crippen LogP contribution in [0, 0.1) is 0 Å². The van der Waals surface area contributed by atoms with E-state index in [4.69, 9.17) is 4.99 Å². The topological polar surface area (TPSA) is 70.6 Å². The van der Waals surface area contributed by atoms with E-state index in [0.29, 0.717) is 5.17 Å². The third-order valence-electron chi connectivity index (χ3n) is 4.38. The summed E-state index contributed by atoms with van der Waals surface area (Å²) in [6, 6.07) is 15.4. The normalized spacial score (nSPS) is 17.8. The number of nitrogens with one attached hydrogen (secondary N) is 2. The van der Waals surface area contributed by atoms with Crippen LogP contribution in [-0.4, -0.2) is 22.2 Å². The predicted octanol–water partition coefficient (Wildman–Crippen LogP) is 4.06. The quantitative estimate of drug-likeness (QED) is 0.793. The fourth-order valence-corrected chi connectivity index (χ4v) is 3.93. The molecule has 3 rings (SSSR count). The zero-order valence-electron chi connectivity index (χ0n) is 15.5. The molecule has 6 heteroatoms. The van der Waals surface area contributed by atoms with Crippen LogP contribution in [0.1, 0.15) is 31.4 Å². The number of nitrogens with zero attached hydrogens (tertiary/aromatic N) is 1. The number of rotatable bonds is 6. The molecule has 1 fully saturated rings. The number of aryl methyl sites for hydroxylation is 2. The number of hydrogen-bond donors (Lipinski definition) is 2. The molecule has 0 bridgehead atoms. The van der Waals surface area contributed by atoms with E-state index in [1.807, 2.05) is 36.4 Å². The van der Waals surface area contributed by atoms with E-state index in [-0.39, 0.29) is 18.2 Å². The van der Waals surface area contributed by atoms with Crippen molar-refractivity contribution in [1.82, 2.24) is 5.32 Å². The first kappa shape index (κ1) is 19.2. The minimum atomic E-state index is -0.466. The monoisotopic (exact) mass is 381 g/mol. The summed E-state index contributed by atoms with van der Waals surface area (Å²) in [5.74, 6) is -0.354. The van der Waals surface area contributed by atoms with Gasteiger partial charge in [-0.2, -0.15) is 0 Å². The van der Waals surface area contributed by atoms with Crippen molar-refractivity contribution in [3.05, 3.63) is 59.7 Å². The largest absolute Gasteiger partial charge is 0.326 e. The van der Waals surface area contributed by atoms with Gasteiger partial charge in [-0.05, 0) is 36.1 Å². The fraction of sp³-hybridized carbons (Fsp3) is 0.286. The molecule has 1 unspecified atom stereocenters. The number of thioether (sulfide) groups is 1. The third-order valence-corrected chi connectivity index (χ3v) is 5.46. The van der Waals surface area contributed by atoms with Crippen molar-refractivity contribution < 1.29 is 9.59 Å². The van der Waals surface area contributed by atoms with Crippen LogP contribution in [0.25, 0.3) is 0 Å². The predicted molar refractivity (Wildman–Crippen MR) is 112 cm³/mol. The Morgan fingerprint density at radius 1 is 1.07 bits per heavy atom. The number of amidine groups is 1. The molecule has 0 spiro atoms. The van der Waals surface area contributed by atoms with Gasteiger partial charge in [-0.1, -0.05) is 62.0 Å². The molecule has 0 radical (unpaired) electrons. The summed E-state index contributed by atoms with van der Waals surface area (Å²) in [7, 11) is 0. The van der Waals surface area contributed by atoms with Gasteiger partial charge in [0.1, 0.15) is 5.25 Å². The molecule has 0 aliphatic carbocycles. The molecular formula is C21H23N3O2S. The van der Waals surface area contributed by atoms with Gasteiger partial charge in [0, 0.05) is 12.1 Å². The number of aliphatic imine (C=N–C) groups is 1. The van der Waals surface area contributed by atoms with E-state index >= 15 is 0 Å². The van der Waals surface area contributed by atoms with Crippen LogP contribution in [0.15, 0.2) is 53.5 Å². The standard InChI is InChI=1S/C21H23N3O2S/c1-3-14-9-8-10-15(4-2)19(14)23-21-24-20(26)17(27-21)13-18(25)22-16-11-6-5-7-12-16/h5-12,17H,3-4,13H2,1-2H3,(H,22,25)(H,23,24,26). The maximum absolute atomic E-state index is 12.3. The van der Waals surface area contributed by atoms with Gasteiger partial charge in [-0.3, -0.25) is 9.59 Å². The van der Waals surface area contributed by atoms with Crippen LogP contribution < -0.4 is 10.6 Å². The van der Waals surface area contributed by atoms with Gasteiger partial charge in [0.05, 0.1) is 5.69 Å². The van der Waals surface area contributed by atoms with Gasteiger partial charge >= 0.3 is 0 Å². The molecule has 2 N–H and O–H groups in total. The lowest BCUT2D eigenvalue weighted by molar-refractivity contribution is -0.122. The highest BCUT2D eigenvalue weighted by atomic mass is 32.2. The van der Waals surface area contributed by atoms with E-state index in [9.17, 15) is 9.59 Å². The Bertz CT molecular complexity index is 843. The first-order valence-corrected chi connectivity index (χ1v) is 10.0. The molecule has 1 aliphatic heterocycles. The maximum Gasteiger partial charge on any atom is 0.240 e. The van der Waals surface area contributed by atoms with Crippen LogP contribution in [0.4, 0.5) is 11.4 Å². The number of carbonyl (C=O) groups excluding carboxylic acids is 2. The number of carbonyl (C=O) groups is 2. The van der Waals surface area contributed by atoms with Crippen molar-refractivity contribution in [3.63, 3.8) is 0 Å². The smallest absolute Gasteiger partial charge is 0.240 e. The van der Waals surface area contributed by atoms with Crippen LogP contribution in [0.3, 0.4) is 0 Å². The van der Waals surface area contributed by atoms with Crippen molar-refractivity contribution in [1.29, 1.82) is 0 Å². The van der Waals surface area contributed by atoms with Gasteiger partial charge < -0.3 is 10.6 Å². The van der Waals surface area contributed by atoms with E-state index < -0.39 is 5.25 Å². The molecule has 2 aromatic rings. The summed E-state index contributed by atoms with van der Waals surface area (Å²) >= 11 is 1.32. The van der Waals surface area contributed by atoms with Gasteiger partial charge in [-0.25, -0.2) is 4.99 Å². The summed E-state index contributed by atoms with van der Waals surface area (Å²) in [6.45, 7) is 4.19. The lowest BCUT2D eigenvalue weighted by Crippen LogP contribution is -2.28. The number of anilines is 1. The van der Waals surface area contributed by atoms with E-state index in [0.717, 1.165) is 35.3 Å². The average molecular weight is 382 g/mol.